The lowest BCUT2D eigenvalue weighted by molar-refractivity contribution is -0.273. The van der Waals surface area contributed by atoms with E-state index in [9.17, 15) is 19.8 Å². The van der Waals surface area contributed by atoms with Crippen LogP contribution in [-0.2, 0) is 23.9 Å². The molecule has 33 heavy (non-hydrogen) atoms. The molecule has 1 rings (SSSR count). The number of esters is 2. The highest BCUT2D eigenvalue weighted by Gasteiger charge is 2.47. The van der Waals surface area contributed by atoms with E-state index >= 15 is 0 Å². The van der Waals surface area contributed by atoms with Gasteiger partial charge in [0.25, 0.3) is 0 Å². The zero-order valence-electron chi connectivity index (χ0n) is 21.2. The van der Waals surface area contributed by atoms with Crippen LogP contribution in [0.4, 0.5) is 0 Å². The molecule has 0 spiro atoms. The molecule has 1 aliphatic rings. The number of aliphatic hydroxyl groups is 2. The first-order valence-electron chi connectivity index (χ1n) is 11.2. The third-order valence-electron chi connectivity index (χ3n) is 5.67. The molecule has 190 valence electrons. The fourth-order valence-corrected chi connectivity index (χ4v) is 4.57. The van der Waals surface area contributed by atoms with Crippen LogP contribution in [0.15, 0.2) is 24.3 Å². The van der Waals surface area contributed by atoms with E-state index in [1.54, 1.807) is 7.11 Å². The number of aliphatic hydroxyl groups excluding tert-OH is 2. The summed E-state index contributed by atoms with van der Waals surface area (Å²) in [6.07, 6.45) is -0.517. The van der Waals surface area contributed by atoms with Gasteiger partial charge in [0.1, 0.15) is 25.4 Å². The highest BCUT2D eigenvalue weighted by Crippen LogP contribution is 2.40. The van der Waals surface area contributed by atoms with Crippen LogP contribution in [0, 0.1) is 0 Å². The van der Waals surface area contributed by atoms with Gasteiger partial charge in [0, 0.05) is 41.4 Å². The lowest BCUT2D eigenvalue weighted by atomic mass is 9.78. The van der Waals surface area contributed by atoms with Crippen molar-refractivity contribution in [1.82, 2.24) is 9.96 Å². The van der Waals surface area contributed by atoms with Crippen LogP contribution in [-0.4, -0.2) is 94.9 Å². The quantitative estimate of drug-likeness (QED) is 0.326. The standard InChI is InChI=1S/C24H42N2O7/c1-16(2)21(29)32-14-19(27)12-25(13-20(28)15-33-22(30)17(3)4)18-10-23(5,6)26(31-9)24(7,8)11-18/h18-20,27-28H,1,3,10-15H2,2,4-9H3. The third-order valence-corrected chi connectivity index (χ3v) is 5.67. The minimum Gasteiger partial charge on any atom is -0.460 e. The molecule has 2 unspecified atom stereocenters. The van der Waals surface area contributed by atoms with Crippen molar-refractivity contribution in [3.63, 3.8) is 0 Å². The molecule has 0 aromatic rings. The highest BCUT2D eigenvalue weighted by atomic mass is 16.7. The second-order valence-corrected chi connectivity index (χ2v) is 10.2. The summed E-state index contributed by atoms with van der Waals surface area (Å²) in [7, 11) is 1.65. The van der Waals surface area contributed by atoms with Crippen LogP contribution in [0.25, 0.3) is 0 Å². The van der Waals surface area contributed by atoms with Crippen molar-refractivity contribution in [2.75, 3.05) is 33.4 Å². The molecule has 1 heterocycles. The van der Waals surface area contributed by atoms with Gasteiger partial charge in [-0.15, -0.1) is 0 Å². The van der Waals surface area contributed by atoms with E-state index in [1.807, 2.05) is 9.96 Å². The molecule has 9 nitrogen and oxygen atoms in total. The van der Waals surface area contributed by atoms with E-state index in [1.165, 1.54) is 13.8 Å². The van der Waals surface area contributed by atoms with Gasteiger partial charge in [0.2, 0.25) is 0 Å². The Bertz CT molecular complexity index is 664. The Morgan fingerprint density at radius 3 is 1.61 bits per heavy atom. The summed E-state index contributed by atoms with van der Waals surface area (Å²) in [5.41, 5.74) is -0.115. The monoisotopic (exact) mass is 470 g/mol. The molecule has 1 saturated heterocycles. The summed E-state index contributed by atoms with van der Waals surface area (Å²) in [5, 5.41) is 23.1. The molecular weight excluding hydrogens is 428 g/mol. The average molecular weight is 471 g/mol. The fraction of sp³-hybridized carbons (Fsp3) is 0.750. The van der Waals surface area contributed by atoms with Gasteiger partial charge in [0.05, 0.1) is 7.11 Å². The molecule has 0 radical (unpaired) electrons. The molecule has 0 saturated carbocycles. The summed E-state index contributed by atoms with van der Waals surface area (Å²) in [4.78, 5) is 31.0. The first-order valence-corrected chi connectivity index (χ1v) is 11.2. The van der Waals surface area contributed by atoms with Gasteiger partial charge >= 0.3 is 11.9 Å². The number of hydrogen-bond donors (Lipinski definition) is 2. The van der Waals surface area contributed by atoms with E-state index in [-0.39, 0.29) is 54.6 Å². The van der Waals surface area contributed by atoms with E-state index in [0.29, 0.717) is 12.8 Å². The Labute approximate surface area is 197 Å². The highest BCUT2D eigenvalue weighted by molar-refractivity contribution is 5.87. The second-order valence-electron chi connectivity index (χ2n) is 10.2. The fourth-order valence-electron chi connectivity index (χ4n) is 4.57. The predicted molar refractivity (Wildman–Crippen MR) is 125 cm³/mol. The van der Waals surface area contributed by atoms with Gasteiger partial charge in [-0.2, -0.15) is 5.06 Å². The van der Waals surface area contributed by atoms with Crippen molar-refractivity contribution >= 4 is 11.9 Å². The minimum atomic E-state index is -0.967. The molecule has 9 heteroatoms. The van der Waals surface area contributed by atoms with E-state index < -0.39 is 24.1 Å². The summed E-state index contributed by atoms with van der Waals surface area (Å²) in [5.74, 6) is -1.13. The third kappa shape index (κ3) is 8.83. The lowest BCUT2D eigenvalue weighted by Crippen LogP contribution is -2.64. The van der Waals surface area contributed by atoms with Crippen molar-refractivity contribution in [3.05, 3.63) is 24.3 Å². The molecule has 0 bridgehead atoms. The molecule has 2 N–H and O–H groups in total. The summed E-state index contributed by atoms with van der Waals surface area (Å²) >= 11 is 0. The Kier molecular flexibility index (Phi) is 10.7. The Hall–Kier alpha value is -1.78. The van der Waals surface area contributed by atoms with Crippen molar-refractivity contribution in [2.45, 2.75) is 83.7 Å². The maximum atomic E-state index is 11.7. The number of rotatable bonds is 12. The van der Waals surface area contributed by atoms with Crippen LogP contribution >= 0.6 is 0 Å². The summed E-state index contributed by atoms with van der Waals surface area (Å²) < 4.78 is 10.2. The molecule has 0 aromatic carbocycles. The topological polar surface area (TPSA) is 109 Å². The largest absolute Gasteiger partial charge is 0.460 e. The smallest absolute Gasteiger partial charge is 0.333 e. The van der Waals surface area contributed by atoms with Crippen LogP contribution < -0.4 is 0 Å². The molecule has 1 aliphatic heterocycles. The maximum Gasteiger partial charge on any atom is 0.333 e. The van der Waals surface area contributed by atoms with Crippen LogP contribution in [0.5, 0.6) is 0 Å². The average Bonchev–Trinajstić information content (AvgIpc) is 2.67. The Morgan fingerprint density at radius 1 is 0.939 bits per heavy atom. The van der Waals surface area contributed by atoms with E-state index in [4.69, 9.17) is 14.3 Å². The van der Waals surface area contributed by atoms with E-state index in [0.717, 1.165) is 0 Å². The number of carbonyl (C=O) groups is 2. The molecular formula is C24H42N2O7. The van der Waals surface area contributed by atoms with Crippen LogP contribution in [0.2, 0.25) is 0 Å². The zero-order valence-corrected chi connectivity index (χ0v) is 21.2. The minimum absolute atomic E-state index is 0.0145. The Morgan fingerprint density at radius 2 is 1.30 bits per heavy atom. The van der Waals surface area contributed by atoms with Crippen molar-refractivity contribution < 1.29 is 34.1 Å². The first-order chi connectivity index (χ1) is 15.1. The van der Waals surface area contributed by atoms with Gasteiger partial charge in [-0.25, -0.2) is 9.59 Å². The molecule has 1 fully saturated rings. The number of nitrogens with zero attached hydrogens (tertiary/aromatic N) is 2. The van der Waals surface area contributed by atoms with E-state index in [2.05, 4.69) is 40.9 Å². The van der Waals surface area contributed by atoms with Gasteiger partial charge in [-0.1, -0.05) is 13.2 Å². The molecule has 2 atom stereocenters. The van der Waals surface area contributed by atoms with Crippen LogP contribution in [0.3, 0.4) is 0 Å². The number of ether oxygens (including phenoxy) is 2. The number of hydrogen-bond acceptors (Lipinski definition) is 9. The van der Waals surface area contributed by atoms with Gasteiger partial charge in [-0.05, 0) is 54.4 Å². The maximum absolute atomic E-state index is 11.7. The molecule has 0 aliphatic carbocycles. The molecule has 0 aromatic heterocycles. The second kappa shape index (κ2) is 12.1. The zero-order chi connectivity index (χ0) is 25.6. The number of piperidine rings is 1. The summed E-state index contributed by atoms with van der Waals surface area (Å²) in [6, 6.07) is -0.0145. The van der Waals surface area contributed by atoms with Crippen LogP contribution in [0.1, 0.15) is 54.4 Å². The molecule has 0 amide bonds. The van der Waals surface area contributed by atoms with Crippen molar-refractivity contribution in [3.8, 4) is 0 Å². The van der Waals surface area contributed by atoms with Gasteiger partial charge in [-0.3, -0.25) is 4.90 Å². The Balaban J connectivity index is 2.98. The van der Waals surface area contributed by atoms with Crippen molar-refractivity contribution in [1.29, 1.82) is 0 Å². The van der Waals surface area contributed by atoms with Gasteiger partial charge in [0.15, 0.2) is 0 Å². The lowest BCUT2D eigenvalue weighted by Gasteiger charge is -2.55. The van der Waals surface area contributed by atoms with Gasteiger partial charge < -0.3 is 24.5 Å². The van der Waals surface area contributed by atoms with Crippen molar-refractivity contribution in [2.24, 2.45) is 0 Å². The first kappa shape index (κ1) is 29.3. The number of carbonyl (C=O) groups excluding carboxylic acids is 2. The normalized spacial score (nSPS) is 20.2. The predicted octanol–water partition coefficient (Wildman–Crippen LogP) is 1.83. The number of hydroxylamine groups is 2. The SMILES string of the molecule is C=C(C)C(=O)OCC(O)CN(CC(O)COC(=O)C(=C)C)C1CC(C)(C)N(OC)C(C)(C)C1. The summed E-state index contributed by atoms with van der Waals surface area (Å²) in [6.45, 7) is 18.4.